The van der Waals surface area contributed by atoms with Gasteiger partial charge in [-0.1, -0.05) is 59.8 Å². The minimum Gasteiger partial charge on any atom is -0.384 e. The van der Waals surface area contributed by atoms with Crippen LogP contribution in [0.15, 0.2) is 53.2 Å². The summed E-state index contributed by atoms with van der Waals surface area (Å²) in [6, 6.07) is 13.5. The zero-order valence-electron chi connectivity index (χ0n) is 14.8. The number of amides is 1. The summed E-state index contributed by atoms with van der Waals surface area (Å²) in [5, 5.41) is 0.482. The van der Waals surface area contributed by atoms with Crippen molar-refractivity contribution in [3.8, 4) is 0 Å². The van der Waals surface area contributed by atoms with Crippen LogP contribution in [0.3, 0.4) is 0 Å². The van der Waals surface area contributed by atoms with Crippen molar-refractivity contribution < 1.29 is 4.79 Å². The van der Waals surface area contributed by atoms with Crippen LogP contribution in [0.25, 0.3) is 0 Å². The molecule has 0 aromatic heterocycles. The number of para-hydroxylation sites is 1. The fourth-order valence-electron chi connectivity index (χ4n) is 3.17. The van der Waals surface area contributed by atoms with Crippen LogP contribution in [0.1, 0.15) is 16.7 Å². The smallest absolute Gasteiger partial charge is 0.258 e. The average Bonchev–Trinajstić information content (AvgIpc) is 2.88. The molecule has 1 heterocycles. The summed E-state index contributed by atoms with van der Waals surface area (Å²) < 4.78 is -0.879. The summed E-state index contributed by atoms with van der Waals surface area (Å²) in [5.41, 5.74) is 21.5. The first-order chi connectivity index (χ1) is 12.8. The monoisotopic (exact) mass is 420 g/mol. The van der Waals surface area contributed by atoms with Crippen molar-refractivity contribution in [2.24, 2.45) is 17.2 Å². The van der Waals surface area contributed by atoms with Crippen LogP contribution in [0.5, 0.6) is 0 Å². The molecule has 2 aromatic rings. The number of hydrogen-bond acceptors (Lipinski definition) is 6. The third kappa shape index (κ3) is 3.65. The van der Waals surface area contributed by atoms with Gasteiger partial charge in [0, 0.05) is 13.0 Å². The van der Waals surface area contributed by atoms with Crippen molar-refractivity contribution in [2.45, 2.75) is 24.1 Å². The van der Waals surface area contributed by atoms with E-state index in [0.717, 1.165) is 16.7 Å². The van der Waals surface area contributed by atoms with Gasteiger partial charge in [-0.3, -0.25) is 4.79 Å². The van der Waals surface area contributed by atoms with Crippen LogP contribution < -0.4 is 22.1 Å². The molecule has 2 aromatic carbocycles. The van der Waals surface area contributed by atoms with Gasteiger partial charge in [0.15, 0.2) is 0 Å². The Morgan fingerprint density at radius 3 is 2.52 bits per heavy atom. The molecule has 1 aliphatic heterocycles. The third-order valence-electron chi connectivity index (χ3n) is 4.51. The molecule has 1 unspecified atom stereocenters. The van der Waals surface area contributed by atoms with Gasteiger partial charge >= 0.3 is 0 Å². The standard InChI is InChI=1S/C19H21ClN4OS2/c1-11-5-2-3-6-12(11)9-19(26)24(17(22)16(27-19)18(23)25)15-13(10-21)7-4-8-14(15)20/h2-8,26H,9-10,21-22H2,1H3,(H2,23,25). The molecule has 8 heteroatoms. The topological polar surface area (TPSA) is 98.4 Å². The molecule has 1 aliphatic rings. The van der Waals surface area contributed by atoms with E-state index in [1.807, 2.05) is 43.3 Å². The maximum atomic E-state index is 12.0. The normalized spacial score (nSPS) is 19.6. The lowest BCUT2D eigenvalue weighted by Crippen LogP contribution is -2.42. The quantitative estimate of drug-likeness (QED) is 0.557. The predicted octanol–water partition coefficient (Wildman–Crippen LogP) is 3.10. The van der Waals surface area contributed by atoms with E-state index in [1.54, 1.807) is 11.0 Å². The molecule has 5 nitrogen and oxygen atoms in total. The molecule has 1 amide bonds. The summed E-state index contributed by atoms with van der Waals surface area (Å²) in [4.78, 5) is 14.0. The third-order valence-corrected chi connectivity index (χ3v) is 6.71. The molecule has 0 bridgehead atoms. The van der Waals surface area contributed by atoms with Crippen molar-refractivity contribution in [1.82, 2.24) is 0 Å². The van der Waals surface area contributed by atoms with Crippen LogP contribution in [-0.2, 0) is 17.8 Å². The number of carbonyl (C=O) groups is 1. The molecule has 6 N–H and O–H groups in total. The van der Waals surface area contributed by atoms with Crippen LogP contribution >= 0.6 is 36.0 Å². The Balaban J connectivity index is 2.17. The molecule has 0 saturated carbocycles. The van der Waals surface area contributed by atoms with Crippen molar-refractivity contribution in [1.29, 1.82) is 0 Å². The minimum atomic E-state index is -0.879. The van der Waals surface area contributed by atoms with Crippen LogP contribution in [-0.4, -0.2) is 10.1 Å². The van der Waals surface area contributed by atoms with Gasteiger partial charge in [-0.2, -0.15) is 0 Å². The summed E-state index contributed by atoms with van der Waals surface area (Å²) in [5.74, 6) is -0.358. The van der Waals surface area contributed by atoms with E-state index in [2.05, 4.69) is 0 Å². The van der Waals surface area contributed by atoms with Gasteiger partial charge in [-0.15, -0.1) is 12.6 Å². The Morgan fingerprint density at radius 2 is 1.89 bits per heavy atom. The van der Waals surface area contributed by atoms with Gasteiger partial charge < -0.3 is 22.1 Å². The Morgan fingerprint density at radius 1 is 1.22 bits per heavy atom. The van der Waals surface area contributed by atoms with Gasteiger partial charge in [0.25, 0.3) is 5.91 Å². The van der Waals surface area contributed by atoms with Crippen LogP contribution in [0, 0.1) is 6.92 Å². The van der Waals surface area contributed by atoms with Gasteiger partial charge in [0.05, 0.1) is 10.7 Å². The highest BCUT2D eigenvalue weighted by Crippen LogP contribution is 2.53. The highest BCUT2D eigenvalue weighted by molar-refractivity contribution is 8.15. The first-order valence-electron chi connectivity index (χ1n) is 8.31. The van der Waals surface area contributed by atoms with E-state index in [9.17, 15) is 4.79 Å². The van der Waals surface area contributed by atoms with Gasteiger partial charge in [-0.05, 0) is 29.7 Å². The lowest BCUT2D eigenvalue weighted by atomic mass is 10.0. The van der Waals surface area contributed by atoms with E-state index in [1.165, 1.54) is 11.8 Å². The minimum absolute atomic E-state index is 0.235. The van der Waals surface area contributed by atoms with Gasteiger partial charge in [-0.25, -0.2) is 0 Å². The van der Waals surface area contributed by atoms with Crippen LogP contribution in [0.4, 0.5) is 5.69 Å². The number of carbonyl (C=O) groups excluding carboxylic acids is 1. The number of thioether (sulfide) groups is 1. The second-order valence-electron chi connectivity index (χ2n) is 6.31. The van der Waals surface area contributed by atoms with Gasteiger partial charge in [0.1, 0.15) is 14.9 Å². The second kappa shape index (κ2) is 7.67. The van der Waals surface area contributed by atoms with Crippen molar-refractivity contribution >= 4 is 47.6 Å². The first kappa shape index (κ1) is 19.9. The molecule has 3 rings (SSSR count). The largest absolute Gasteiger partial charge is 0.384 e. The molecule has 142 valence electrons. The molecular formula is C19H21ClN4OS2. The number of anilines is 1. The average molecular weight is 421 g/mol. The number of thiol groups is 1. The summed E-state index contributed by atoms with van der Waals surface area (Å²) in [7, 11) is 0. The molecule has 0 radical (unpaired) electrons. The highest BCUT2D eigenvalue weighted by atomic mass is 35.5. The summed E-state index contributed by atoms with van der Waals surface area (Å²) in [6.07, 6.45) is 0.514. The fraction of sp³-hybridized carbons (Fsp3) is 0.211. The highest BCUT2D eigenvalue weighted by Gasteiger charge is 2.46. The number of benzene rings is 2. The molecule has 0 aliphatic carbocycles. The molecule has 0 fully saturated rings. The number of primary amides is 1. The zero-order chi connectivity index (χ0) is 19.8. The van der Waals surface area contributed by atoms with Crippen molar-refractivity contribution in [3.05, 3.63) is 74.9 Å². The number of hydrogen-bond donors (Lipinski definition) is 4. The molecule has 0 saturated heterocycles. The molecule has 27 heavy (non-hydrogen) atoms. The lowest BCUT2D eigenvalue weighted by molar-refractivity contribution is -0.113. The second-order valence-corrected chi connectivity index (χ2v) is 9.05. The number of aryl methyl sites for hydroxylation is 1. The van der Waals surface area contributed by atoms with E-state index >= 15 is 0 Å². The zero-order valence-corrected chi connectivity index (χ0v) is 17.2. The number of nitrogens with two attached hydrogens (primary N) is 3. The number of nitrogens with zero attached hydrogens (tertiary/aromatic N) is 1. The molecular weight excluding hydrogens is 400 g/mol. The Kier molecular flexibility index (Phi) is 5.67. The maximum absolute atomic E-state index is 12.0. The molecule has 1 atom stereocenters. The van der Waals surface area contributed by atoms with E-state index in [4.69, 9.17) is 41.4 Å². The first-order valence-corrected chi connectivity index (χ1v) is 9.96. The Bertz CT molecular complexity index is 934. The van der Waals surface area contributed by atoms with E-state index < -0.39 is 10.1 Å². The number of rotatable bonds is 5. The Hall–Kier alpha value is -1.80. The van der Waals surface area contributed by atoms with Gasteiger partial charge in [0.2, 0.25) is 0 Å². The fourth-order valence-corrected chi connectivity index (χ4v) is 5.23. The summed E-state index contributed by atoms with van der Waals surface area (Å²) >= 11 is 12.7. The lowest BCUT2D eigenvalue weighted by Gasteiger charge is -2.37. The number of halogens is 1. The SMILES string of the molecule is Cc1ccccc1CC1(S)SC(C(N)=O)=C(N)N1c1c(Cl)cccc1CN. The van der Waals surface area contributed by atoms with Crippen LogP contribution in [0.2, 0.25) is 5.02 Å². The maximum Gasteiger partial charge on any atom is 0.258 e. The van der Waals surface area contributed by atoms with Crippen molar-refractivity contribution in [3.63, 3.8) is 0 Å². The molecule has 0 spiro atoms. The van der Waals surface area contributed by atoms with E-state index in [0.29, 0.717) is 17.1 Å². The van der Waals surface area contributed by atoms with E-state index in [-0.39, 0.29) is 17.3 Å². The van der Waals surface area contributed by atoms with Crippen molar-refractivity contribution in [2.75, 3.05) is 4.90 Å². The summed E-state index contributed by atoms with van der Waals surface area (Å²) in [6.45, 7) is 2.30. The predicted molar refractivity (Wildman–Crippen MR) is 116 cm³/mol. The Labute approximate surface area is 173 Å².